The first-order valence-corrected chi connectivity index (χ1v) is 7.94. The van der Waals surface area contributed by atoms with E-state index >= 15 is 0 Å². The van der Waals surface area contributed by atoms with Gasteiger partial charge in [-0.05, 0) is 52.9 Å². The number of hydrogen-bond acceptors (Lipinski definition) is 1. The predicted molar refractivity (Wildman–Crippen MR) is 73.2 cm³/mol. The van der Waals surface area contributed by atoms with Gasteiger partial charge in [-0.3, -0.25) is 4.57 Å². The molecule has 0 spiro atoms. The van der Waals surface area contributed by atoms with Gasteiger partial charge in [0.25, 0.3) is 0 Å². The summed E-state index contributed by atoms with van der Waals surface area (Å²) in [6, 6.07) is 0. The maximum Gasteiger partial charge on any atom is 0.325 e. The Morgan fingerprint density at radius 2 is 1.71 bits per heavy atom. The van der Waals surface area contributed by atoms with Crippen LogP contribution in [0.2, 0.25) is 0 Å². The van der Waals surface area contributed by atoms with Crippen molar-refractivity contribution in [3.8, 4) is 0 Å². The molecule has 100 valence electrons. The molecule has 0 aliphatic rings. The van der Waals surface area contributed by atoms with E-state index in [1.54, 1.807) is 0 Å². The minimum Gasteiger partial charge on any atom is -0.324 e. The maximum absolute atomic E-state index is 10.6. The zero-order valence-electron chi connectivity index (χ0n) is 11.1. The van der Waals surface area contributed by atoms with Crippen molar-refractivity contribution in [3.63, 3.8) is 0 Å². The van der Waals surface area contributed by atoms with E-state index in [9.17, 15) is 4.57 Å². The molecule has 0 fully saturated rings. The van der Waals surface area contributed by atoms with E-state index in [1.807, 2.05) is 0 Å². The summed E-state index contributed by atoms with van der Waals surface area (Å²) in [7, 11) is -3.79. The van der Waals surface area contributed by atoms with Crippen LogP contribution in [0, 0.1) is 0 Å². The molecule has 0 aliphatic heterocycles. The Kier molecular flexibility index (Phi) is 8.49. The Morgan fingerprint density at radius 3 is 2.24 bits per heavy atom. The summed E-state index contributed by atoms with van der Waals surface area (Å²) in [5.74, 6) is 0. The molecule has 0 aliphatic carbocycles. The van der Waals surface area contributed by atoms with Crippen LogP contribution in [0.3, 0.4) is 0 Å². The first-order valence-electron chi connectivity index (χ1n) is 6.15. The molecule has 2 N–H and O–H groups in total. The van der Waals surface area contributed by atoms with Crippen LogP contribution in [0.4, 0.5) is 0 Å². The van der Waals surface area contributed by atoms with Crippen LogP contribution in [-0.2, 0) is 4.57 Å². The first-order chi connectivity index (χ1) is 7.81. The van der Waals surface area contributed by atoms with Gasteiger partial charge in [0.2, 0.25) is 0 Å². The fourth-order valence-corrected chi connectivity index (χ4v) is 2.14. The Balaban J connectivity index is 3.64. The van der Waals surface area contributed by atoms with Crippen molar-refractivity contribution in [2.75, 3.05) is 6.16 Å². The van der Waals surface area contributed by atoms with Crippen LogP contribution in [0.1, 0.15) is 52.9 Å². The van der Waals surface area contributed by atoms with Crippen molar-refractivity contribution in [2.45, 2.75) is 52.9 Å². The van der Waals surface area contributed by atoms with Crippen LogP contribution in [0.5, 0.6) is 0 Å². The van der Waals surface area contributed by atoms with Gasteiger partial charge in [0, 0.05) is 6.16 Å². The van der Waals surface area contributed by atoms with Crippen LogP contribution in [0.25, 0.3) is 0 Å². The SMILES string of the molecule is CC(C)=CCCC(C)=CCCCCP(=O)(O)O. The highest BCUT2D eigenvalue weighted by Gasteiger charge is 2.10. The third-order valence-electron chi connectivity index (χ3n) is 2.49. The molecule has 0 rings (SSSR count). The van der Waals surface area contributed by atoms with E-state index in [-0.39, 0.29) is 6.16 Å². The topological polar surface area (TPSA) is 57.5 Å². The van der Waals surface area contributed by atoms with E-state index in [0.717, 1.165) is 25.7 Å². The molecule has 0 heterocycles. The second-order valence-electron chi connectivity index (χ2n) is 4.75. The minimum atomic E-state index is -3.79. The monoisotopic (exact) mass is 260 g/mol. The van der Waals surface area contributed by atoms with Crippen LogP contribution < -0.4 is 0 Å². The predicted octanol–water partition coefficient (Wildman–Crippen LogP) is 4.03. The summed E-state index contributed by atoms with van der Waals surface area (Å²) in [6.07, 6.45) is 8.94. The Morgan fingerprint density at radius 1 is 1.06 bits per heavy atom. The van der Waals surface area contributed by atoms with Gasteiger partial charge in [0.15, 0.2) is 0 Å². The van der Waals surface area contributed by atoms with Crippen LogP contribution in [-0.4, -0.2) is 15.9 Å². The highest BCUT2D eigenvalue weighted by molar-refractivity contribution is 7.51. The van der Waals surface area contributed by atoms with Gasteiger partial charge in [-0.15, -0.1) is 0 Å². The summed E-state index contributed by atoms with van der Waals surface area (Å²) in [5.41, 5.74) is 2.71. The lowest BCUT2D eigenvalue weighted by molar-refractivity contribution is 0.371. The van der Waals surface area contributed by atoms with Crippen molar-refractivity contribution < 1.29 is 14.4 Å². The molecule has 0 radical (unpaired) electrons. The van der Waals surface area contributed by atoms with Crippen LogP contribution in [0.15, 0.2) is 23.3 Å². The van der Waals surface area contributed by atoms with Crippen molar-refractivity contribution in [2.24, 2.45) is 0 Å². The maximum atomic E-state index is 10.6. The molecule has 4 heteroatoms. The van der Waals surface area contributed by atoms with Crippen molar-refractivity contribution in [3.05, 3.63) is 23.3 Å². The zero-order valence-corrected chi connectivity index (χ0v) is 12.0. The summed E-state index contributed by atoms with van der Waals surface area (Å²) < 4.78 is 10.6. The van der Waals surface area contributed by atoms with E-state index in [1.165, 1.54) is 11.1 Å². The summed E-state index contributed by atoms with van der Waals surface area (Å²) in [4.78, 5) is 17.4. The molecule has 17 heavy (non-hydrogen) atoms. The summed E-state index contributed by atoms with van der Waals surface area (Å²) in [5, 5.41) is 0. The van der Waals surface area contributed by atoms with Gasteiger partial charge in [-0.25, -0.2) is 0 Å². The van der Waals surface area contributed by atoms with Gasteiger partial charge in [-0.2, -0.15) is 0 Å². The normalized spacial score (nSPS) is 12.6. The number of hydrogen-bond donors (Lipinski definition) is 2. The second-order valence-corrected chi connectivity index (χ2v) is 6.53. The van der Waals surface area contributed by atoms with E-state index in [4.69, 9.17) is 9.79 Å². The van der Waals surface area contributed by atoms with Crippen molar-refractivity contribution in [1.29, 1.82) is 0 Å². The van der Waals surface area contributed by atoms with E-state index in [0.29, 0.717) is 6.42 Å². The number of rotatable bonds is 8. The lowest BCUT2D eigenvalue weighted by atomic mass is 10.1. The van der Waals surface area contributed by atoms with E-state index < -0.39 is 7.60 Å². The standard InChI is InChI=1S/C13H25O3P/c1-12(2)8-7-10-13(3)9-5-4-6-11-17(14,15)16/h8-9H,4-7,10-11H2,1-3H3,(H2,14,15,16). The lowest BCUT2D eigenvalue weighted by Gasteiger charge is -2.02. The van der Waals surface area contributed by atoms with E-state index in [2.05, 4.69) is 32.9 Å². The number of allylic oxidation sites excluding steroid dienone is 4. The second kappa shape index (κ2) is 8.68. The molecule has 0 bridgehead atoms. The largest absolute Gasteiger partial charge is 0.325 e. The fraction of sp³-hybridized carbons (Fsp3) is 0.692. The third kappa shape index (κ3) is 13.6. The highest BCUT2D eigenvalue weighted by atomic mass is 31.2. The molecule has 0 aromatic carbocycles. The van der Waals surface area contributed by atoms with Crippen molar-refractivity contribution in [1.82, 2.24) is 0 Å². The van der Waals surface area contributed by atoms with Gasteiger partial charge in [0.1, 0.15) is 0 Å². The highest BCUT2D eigenvalue weighted by Crippen LogP contribution is 2.35. The zero-order chi connectivity index (χ0) is 13.3. The smallest absolute Gasteiger partial charge is 0.324 e. The van der Waals surface area contributed by atoms with Gasteiger partial charge >= 0.3 is 7.60 Å². The quantitative estimate of drug-likeness (QED) is 0.393. The molecule has 0 atom stereocenters. The molecular weight excluding hydrogens is 235 g/mol. The van der Waals surface area contributed by atoms with Gasteiger partial charge in [0.05, 0.1) is 0 Å². The van der Waals surface area contributed by atoms with Crippen molar-refractivity contribution >= 4 is 7.60 Å². The summed E-state index contributed by atoms with van der Waals surface area (Å²) in [6.45, 7) is 6.31. The molecule has 0 saturated carbocycles. The van der Waals surface area contributed by atoms with Gasteiger partial charge in [-0.1, -0.05) is 23.3 Å². The molecule has 0 aromatic heterocycles. The average molecular weight is 260 g/mol. The summed E-state index contributed by atoms with van der Waals surface area (Å²) >= 11 is 0. The molecular formula is C13H25O3P. The Labute approximate surface area is 105 Å². The Bertz CT molecular complexity index is 309. The lowest BCUT2D eigenvalue weighted by Crippen LogP contribution is -1.87. The molecule has 0 saturated heterocycles. The fourth-order valence-electron chi connectivity index (χ4n) is 1.50. The van der Waals surface area contributed by atoms with Gasteiger partial charge < -0.3 is 9.79 Å². The Hall–Kier alpha value is -0.370. The first kappa shape index (κ1) is 16.6. The molecule has 3 nitrogen and oxygen atoms in total. The van der Waals surface area contributed by atoms with Crippen LogP contribution >= 0.6 is 7.60 Å². The molecule has 0 unspecified atom stereocenters. The molecule has 0 aromatic rings. The molecule has 0 amide bonds. The minimum absolute atomic E-state index is 0.0116. The third-order valence-corrected chi connectivity index (χ3v) is 3.39. The number of unbranched alkanes of at least 4 members (excludes halogenated alkanes) is 2. The average Bonchev–Trinajstić information content (AvgIpc) is 2.14.